The molecule has 28 heavy (non-hydrogen) atoms. The highest BCUT2D eigenvalue weighted by Gasteiger charge is 2.06. The number of hydrogen-bond donors (Lipinski definition) is 2. The molecular weight excluding hydrogens is 346 g/mol. The molecule has 3 rings (SSSR count). The van der Waals surface area contributed by atoms with Gasteiger partial charge in [-0.2, -0.15) is 0 Å². The van der Waals surface area contributed by atoms with Gasteiger partial charge in [0.25, 0.3) is 0 Å². The van der Waals surface area contributed by atoms with Crippen molar-refractivity contribution < 1.29 is 0 Å². The molecule has 0 aliphatic carbocycles. The molecule has 0 atom stereocenters. The molecule has 146 valence electrons. The van der Waals surface area contributed by atoms with Crippen molar-refractivity contribution >= 4 is 0 Å². The highest BCUT2D eigenvalue weighted by molar-refractivity contribution is 5.14. The lowest BCUT2D eigenvalue weighted by Crippen LogP contribution is -2.36. The van der Waals surface area contributed by atoms with Crippen LogP contribution in [0.5, 0.6) is 0 Å². The van der Waals surface area contributed by atoms with E-state index < -0.39 is 0 Å². The molecule has 0 saturated carbocycles. The van der Waals surface area contributed by atoms with Gasteiger partial charge in [-0.25, -0.2) is 0 Å². The smallest absolute Gasteiger partial charge is 0.0541 e. The number of pyridine rings is 2. The third-order valence-corrected chi connectivity index (χ3v) is 4.52. The van der Waals surface area contributed by atoms with Crippen LogP contribution >= 0.6 is 0 Å². The van der Waals surface area contributed by atoms with Gasteiger partial charge in [0, 0.05) is 58.2 Å². The molecule has 0 bridgehead atoms. The second-order valence-electron chi connectivity index (χ2n) is 6.76. The third kappa shape index (κ3) is 7.56. The molecule has 0 amide bonds. The third-order valence-electron chi connectivity index (χ3n) is 4.52. The maximum absolute atomic E-state index is 4.36. The average Bonchev–Trinajstić information content (AvgIpc) is 2.76. The van der Waals surface area contributed by atoms with Crippen LogP contribution < -0.4 is 10.6 Å². The van der Waals surface area contributed by atoms with Crippen LogP contribution in [0.4, 0.5) is 0 Å². The van der Waals surface area contributed by atoms with Gasteiger partial charge < -0.3 is 10.6 Å². The summed E-state index contributed by atoms with van der Waals surface area (Å²) in [6, 6.07) is 22.7. The first kappa shape index (κ1) is 20.1. The minimum Gasteiger partial charge on any atom is -0.310 e. The maximum atomic E-state index is 4.36. The summed E-state index contributed by atoms with van der Waals surface area (Å²) in [5.74, 6) is 0. The quantitative estimate of drug-likeness (QED) is 0.477. The number of aromatic nitrogens is 2. The van der Waals surface area contributed by atoms with Gasteiger partial charge in [0.05, 0.1) is 11.4 Å². The standard InChI is InChI=1S/C23H29N5/c1-2-8-21(9-3-1)20-28(16-14-24-18-22-10-4-6-12-26-22)17-15-25-19-23-11-5-7-13-27-23/h1-13,24-25H,14-20H2. The van der Waals surface area contributed by atoms with Crippen molar-refractivity contribution in [3.63, 3.8) is 0 Å². The summed E-state index contributed by atoms with van der Waals surface area (Å²) in [6.07, 6.45) is 3.68. The molecule has 0 aliphatic heterocycles. The van der Waals surface area contributed by atoms with Gasteiger partial charge in [0.1, 0.15) is 0 Å². The predicted octanol–water partition coefficient (Wildman–Crippen LogP) is 2.86. The van der Waals surface area contributed by atoms with Crippen molar-refractivity contribution in [3.05, 3.63) is 96.1 Å². The number of nitrogens with one attached hydrogen (secondary N) is 2. The molecule has 5 heteroatoms. The molecule has 2 N–H and O–H groups in total. The second kappa shape index (κ2) is 12.0. The van der Waals surface area contributed by atoms with Gasteiger partial charge in [-0.1, -0.05) is 42.5 Å². The lowest BCUT2D eigenvalue weighted by molar-refractivity contribution is 0.263. The normalized spacial score (nSPS) is 11.0. The zero-order valence-electron chi connectivity index (χ0n) is 16.3. The number of benzene rings is 1. The second-order valence-corrected chi connectivity index (χ2v) is 6.76. The van der Waals surface area contributed by atoms with Crippen LogP contribution in [-0.2, 0) is 19.6 Å². The maximum Gasteiger partial charge on any atom is 0.0541 e. The van der Waals surface area contributed by atoms with Crippen LogP contribution in [0.1, 0.15) is 17.0 Å². The van der Waals surface area contributed by atoms with Crippen molar-refractivity contribution in [2.24, 2.45) is 0 Å². The Kier molecular flexibility index (Phi) is 8.62. The zero-order chi connectivity index (χ0) is 19.3. The van der Waals surface area contributed by atoms with E-state index in [2.05, 4.69) is 68.0 Å². The van der Waals surface area contributed by atoms with E-state index in [-0.39, 0.29) is 0 Å². The zero-order valence-corrected chi connectivity index (χ0v) is 16.3. The van der Waals surface area contributed by atoms with Crippen LogP contribution in [0.15, 0.2) is 79.1 Å². The lowest BCUT2D eigenvalue weighted by atomic mass is 10.2. The first-order valence-electron chi connectivity index (χ1n) is 9.88. The van der Waals surface area contributed by atoms with Crippen LogP contribution in [-0.4, -0.2) is 41.0 Å². The summed E-state index contributed by atoms with van der Waals surface area (Å²) in [5.41, 5.74) is 3.50. The Labute approximate surface area is 167 Å². The number of hydrogen-bond acceptors (Lipinski definition) is 5. The van der Waals surface area contributed by atoms with Gasteiger partial charge in [0.2, 0.25) is 0 Å². The highest BCUT2D eigenvalue weighted by atomic mass is 15.1. The van der Waals surface area contributed by atoms with Crippen LogP contribution in [0.25, 0.3) is 0 Å². The average molecular weight is 376 g/mol. The minimum absolute atomic E-state index is 0.804. The Balaban J connectivity index is 1.42. The minimum atomic E-state index is 0.804. The molecule has 3 aromatic rings. The molecule has 0 unspecified atom stereocenters. The first-order chi connectivity index (χ1) is 13.9. The van der Waals surface area contributed by atoms with E-state index in [0.717, 1.165) is 57.2 Å². The fourth-order valence-electron chi connectivity index (χ4n) is 3.02. The van der Waals surface area contributed by atoms with E-state index in [9.17, 15) is 0 Å². The van der Waals surface area contributed by atoms with Crippen LogP contribution in [0.2, 0.25) is 0 Å². The molecule has 2 heterocycles. The van der Waals surface area contributed by atoms with Crippen LogP contribution in [0.3, 0.4) is 0 Å². The molecule has 0 saturated heterocycles. The number of rotatable bonds is 12. The molecule has 2 aromatic heterocycles. The van der Waals surface area contributed by atoms with Gasteiger partial charge in [-0.05, 0) is 29.8 Å². The lowest BCUT2D eigenvalue weighted by Gasteiger charge is -2.23. The van der Waals surface area contributed by atoms with Gasteiger partial charge in [-0.15, -0.1) is 0 Å². The summed E-state index contributed by atoms with van der Waals surface area (Å²) in [5, 5.41) is 7.00. The largest absolute Gasteiger partial charge is 0.310 e. The Hall–Kier alpha value is -2.60. The predicted molar refractivity (Wildman–Crippen MR) is 114 cm³/mol. The van der Waals surface area contributed by atoms with Crippen molar-refractivity contribution in [2.45, 2.75) is 19.6 Å². The summed E-state index contributed by atoms with van der Waals surface area (Å²) < 4.78 is 0. The van der Waals surface area contributed by atoms with E-state index in [1.807, 2.05) is 36.7 Å². The van der Waals surface area contributed by atoms with E-state index in [0.29, 0.717) is 0 Å². The SMILES string of the molecule is c1ccc(CN(CCNCc2ccccn2)CCNCc2ccccn2)cc1. The van der Waals surface area contributed by atoms with E-state index >= 15 is 0 Å². The molecule has 0 aliphatic rings. The van der Waals surface area contributed by atoms with Gasteiger partial charge in [0.15, 0.2) is 0 Å². The highest BCUT2D eigenvalue weighted by Crippen LogP contribution is 2.04. The van der Waals surface area contributed by atoms with E-state index in [4.69, 9.17) is 0 Å². The Bertz CT molecular complexity index is 717. The molecule has 0 spiro atoms. The molecular formula is C23H29N5. The summed E-state index contributed by atoms with van der Waals surface area (Å²) >= 11 is 0. The summed E-state index contributed by atoms with van der Waals surface area (Å²) in [4.78, 5) is 11.2. The topological polar surface area (TPSA) is 53.1 Å². The summed E-state index contributed by atoms with van der Waals surface area (Å²) in [6.45, 7) is 6.42. The molecule has 1 aromatic carbocycles. The van der Waals surface area contributed by atoms with Crippen molar-refractivity contribution in [2.75, 3.05) is 26.2 Å². The molecule has 0 fully saturated rings. The Morgan fingerprint density at radius 2 is 1.18 bits per heavy atom. The van der Waals surface area contributed by atoms with E-state index in [1.54, 1.807) is 0 Å². The fraction of sp³-hybridized carbons (Fsp3) is 0.304. The molecule has 5 nitrogen and oxygen atoms in total. The van der Waals surface area contributed by atoms with Crippen molar-refractivity contribution in [3.8, 4) is 0 Å². The summed E-state index contributed by atoms with van der Waals surface area (Å²) in [7, 11) is 0. The van der Waals surface area contributed by atoms with Gasteiger partial charge >= 0.3 is 0 Å². The molecule has 0 radical (unpaired) electrons. The Morgan fingerprint density at radius 1 is 0.643 bits per heavy atom. The van der Waals surface area contributed by atoms with Crippen molar-refractivity contribution in [1.29, 1.82) is 0 Å². The van der Waals surface area contributed by atoms with E-state index in [1.165, 1.54) is 5.56 Å². The van der Waals surface area contributed by atoms with Gasteiger partial charge in [-0.3, -0.25) is 14.9 Å². The van der Waals surface area contributed by atoms with Crippen LogP contribution in [0, 0.1) is 0 Å². The first-order valence-corrected chi connectivity index (χ1v) is 9.88. The van der Waals surface area contributed by atoms with Crippen molar-refractivity contribution in [1.82, 2.24) is 25.5 Å². The number of nitrogens with zero attached hydrogens (tertiary/aromatic N) is 3. The monoisotopic (exact) mass is 375 g/mol. The Morgan fingerprint density at radius 3 is 1.68 bits per heavy atom. The fourth-order valence-corrected chi connectivity index (χ4v) is 3.02.